The van der Waals surface area contributed by atoms with Crippen LogP contribution in [0.25, 0.3) is 10.4 Å². The highest BCUT2D eigenvalue weighted by Gasteiger charge is 2.16. The SMILES string of the molecule is O=C(NCCc1ccc(Cl)cc1Cl)c1ccc(-c2ccc3c(c2)OCO3)s1. The molecule has 7 heteroatoms. The van der Waals surface area contributed by atoms with E-state index in [1.54, 1.807) is 12.1 Å². The summed E-state index contributed by atoms with van der Waals surface area (Å²) in [5, 5.41) is 4.14. The van der Waals surface area contributed by atoms with E-state index in [0.717, 1.165) is 27.5 Å². The summed E-state index contributed by atoms with van der Waals surface area (Å²) >= 11 is 13.5. The summed E-state index contributed by atoms with van der Waals surface area (Å²) in [5.74, 6) is 1.37. The second-order valence-corrected chi connectivity index (χ2v) is 7.90. The fourth-order valence-corrected chi connectivity index (χ4v) is 4.21. The number of nitrogens with one attached hydrogen (secondary N) is 1. The van der Waals surface area contributed by atoms with Gasteiger partial charge < -0.3 is 14.8 Å². The first-order valence-electron chi connectivity index (χ1n) is 8.32. The maximum absolute atomic E-state index is 12.4. The minimum absolute atomic E-state index is 0.0999. The zero-order valence-electron chi connectivity index (χ0n) is 14.1. The number of amides is 1. The van der Waals surface area contributed by atoms with Crippen molar-refractivity contribution < 1.29 is 14.3 Å². The molecule has 0 atom stereocenters. The number of carbonyl (C=O) groups excluding carboxylic acids is 1. The summed E-state index contributed by atoms with van der Waals surface area (Å²) in [4.78, 5) is 14.1. The van der Waals surface area contributed by atoms with Crippen LogP contribution < -0.4 is 14.8 Å². The average molecular weight is 420 g/mol. The standard InChI is InChI=1S/C20H15Cl2NO3S/c21-14-3-1-12(15(22)10-14)7-8-23-20(24)19-6-5-18(27-19)13-2-4-16-17(9-13)26-11-25-16/h1-6,9-10H,7-8,11H2,(H,23,24). The van der Waals surface area contributed by atoms with Gasteiger partial charge in [0.1, 0.15) is 0 Å². The summed E-state index contributed by atoms with van der Waals surface area (Å²) in [6.45, 7) is 0.742. The maximum atomic E-state index is 12.4. The molecule has 0 fully saturated rings. The maximum Gasteiger partial charge on any atom is 0.261 e. The van der Waals surface area contributed by atoms with Crippen molar-refractivity contribution >= 4 is 40.4 Å². The molecule has 2 heterocycles. The largest absolute Gasteiger partial charge is 0.454 e. The average Bonchev–Trinajstić information content (AvgIpc) is 3.32. The lowest BCUT2D eigenvalue weighted by molar-refractivity contribution is 0.0958. The molecule has 1 N–H and O–H groups in total. The first-order chi connectivity index (χ1) is 13.1. The lowest BCUT2D eigenvalue weighted by Gasteiger charge is -2.06. The highest BCUT2D eigenvalue weighted by atomic mass is 35.5. The summed E-state index contributed by atoms with van der Waals surface area (Å²) in [5.41, 5.74) is 1.95. The van der Waals surface area contributed by atoms with Gasteiger partial charge in [-0.2, -0.15) is 0 Å². The second-order valence-electron chi connectivity index (χ2n) is 5.97. The van der Waals surface area contributed by atoms with Crippen molar-refractivity contribution in [1.29, 1.82) is 0 Å². The molecule has 1 aromatic heterocycles. The number of rotatable bonds is 5. The van der Waals surface area contributed by atoms with Crippen LogP contribution in [0.5, 0.6) is 11.5 Å². The Labute approximate surface area is 170 Å². The first-order valence-corrected chi connectivity index (χ1v) is 9.89. The summed E-state index contributed by atoms with van der Waals surface area (Å²) in [6, 6.07) is 14.9. The van der Waals surface area contributed by atoms with Gasteiger partial charge in [0.05, 0.1) is 4.88 Å². The topological polar surface area (TPSA) is 47.6 Å². The molecule has 1 aliphatic rings. The Bertz CT molecular complexity index is 1000. The molecule has 0 spiro atoms. The third-order valence-corrected chi connectivity index (χ3v) is 5.90. The van der Waals surface area contributed by atoms with E-state index in [0.29, 0.717) is 27.9 Å². The van der Waals surface area contributed by atoms with E-state index in [1.807, 2.05) is 36.4 Å². The van der Waals surface area contributed by atoms with Crippen LogP contribution in [0.1, 0.15) is 15.2 Å². The van der Waals surface area contributed by atoms with Gasteiger partial charge in [-0.25, -0.2) is 0 Å². The second kappa shape index (κ2) is 7.80. The molecular formula is C20H15Cl2NO3S. The van der Waals surface area contributed by atoms with Crippen molar-refractivity contribution in [2.24, 2.45) is 0 Å². The van der Waals surface area contributed by atoms with Crippen LogP contribution >= 0.6 is 34.5 Å². The Morgan fingerprint density at radius 3 is 2.74 bits per heavy atom. The molecule has 0 saturated carbocycles. The van der Waals surface area contributed by atoms with Gasteiger partial charge in [0.25, 0.3) is 5.91 Å². The molecule has 1 amide bonds. The van der Waals surface area contributed by atoms with Crippen LogP contribution in [-0.4, -0.2) is 19.2 Å². The first kappa shape index (κ1) is 18.2. The quantitative estimate of drug-likeness (QED) is 0.600. The van der Waals surface area contributed by atoms with Gasteiger partial charge in [-0.1, -0.05) is 29.3 Å². The predicted octanol–water partition coefficient (Wildman–Crippen LogP) is 5.42. The molecule has 27 heavy (non-hydrogen) atoms. The molecule has 0 unspecified atom stereocenters. The number of carbonyl (C=O) groups is 1. The smallest absolute Gasteiger partial charge is 0.261 e. The van der Waals surface area contributed by atoms with E-state index in [4.69, 9.17) is 32.7 Å². The van der Waals surface area contributed by atoms with Gasteiger partial charge in [-0.05, 0) is 60.0 Å². The Morgan fingerprint density at radius 2 is 1.89 bits per heavy atom. The van der Waals surface area contributed by atoms with Gasteiger partial charge in [-0.15, -0.1) is 11.3 Å². The lowest BCUT2D eigenvalue weighted by Crippen LogP contribution is -2.24. The number of benzene rings is 2. The van der Waals surface area contributed by atoms with Crippen molar-refractivity contribution in [2.45, 2.75) is 6.42 Å². The number of hydrogen-bond donors (Lipinski definition) is 1. The van der Waals surface area contributed by atoms with E-state index < -0.39 is 0 Å². The van der Waals surface area contributed by atoms with Gasteiger partial charge in [0.2, 0.25) is 6.79 Å². The van der Waals surface area contributed by atoms with Crippen molar-refractivity contribution in [2.75, 3.05) is 13.3 Å². The molecule has 138 valence electrons. The Hall–Kier alpha value is -2.21. The summed E-state index contributed by atoms with van der Waals surface area (Å²) in [6.07, 6.45) is 0.641. The number of ether oxygens (including phenoxy) is 2. The van der Waals surface area contributed by atoms with E-state index in [2.05, 4.69) is 5.32 Å². The number of halogens is 2. The molecule has 0 bridgehead atoms. The van der Waals surface area contributed by atoms with Crippen molar-refractivity contribution in [3.8, 4) is 21.9 Å². The van der Waals surface area contributed by atoms with E-state index in [9.17, 15) is 4.79 Å². The normalized spacial score (nSPS) is 12.2. The van der Waals surface area contributed by atoms with E-state index in [1.165, 1.54) is 11.3 Å². The zero-order chi connectivity index (χ0) is 18.8. The van der Waals surface area contributed by atoms with Crippen LogP contribution in [0.3, 0.4) is 0 Å². The number of thiophene rings is 1. The van der Waals surface area contributed by atoms with E-state index >= 15 is 0 Å². The van der Waals surface area contributed by atoms with Crippen LogP contribution in [-0.2, 0) is 6.42 Å². The molecular weight excluding hydrogens is 405 g/mol. The monoisotopic (exact) mass is 419 g/mol. The van der Waals surface area contributed by atoms with Gasteiger partial charge in [-0.3, -0.25) is 4.79 Å². The third kappa shape index (κ3) is 4.05. The molecule has 0 radical (unpaired) electrons. The predicted molar refractivity (Wildman–Crippen MR) is 108 cm³/mol. The Balaban J connectivity index is 1.38. The van der Waals surface area contributed by atoms with Gasteiger partial charge >= 0.3 is 0 Å². The lowest BCUT2D eigenvalue weighted by atomic mass is 10.1. The van der Waals surface area contributed by atoms with Crippen LogP contribution in [0, 0.1) is 0 Å². The molecule has 0 saturated heterocycles. The molecule has 2 aromatic carbocycles. The van der Waals surface area contributed by atoms with Crippen LogP contribution in [0.15, 0.2) is 48.5 Å². The summed E-state index contributed by atoms with van der Waals surface area (Å²) in [7, 11) is 0. The fourth-order valence-electron chi connectivity index (χ4n) is 2.79. The fraction of sp³-hybridized carbons (Fsp3) is 0.150. The summed E-state index contributed by atoms with van der Waals surface area (Å²) < 4.78 is 10.7. The molecule has 4 nitrogen and oxygen atoms in total. The molecule has 1 aliphatic heterocycles. The molecule has 3 aromatic rings. The molecule has 0 aliphatic carbocycles. The van der Waals surface area contributed by atoms with Crippen LogP contribution in [0.2, 0.25) is 10.0 Å². The minimum atomic E-state index is -0.0999. The minimum Gasteiger partial charge on any atom is -0.454 e. The molecule has 4 rings (SSSR count). The van der Waals surface area contributed by atoms with Crippen molar-refractivity contribution in [1.82, 2.24) is 5.32 Å². The zero-order valence-corrected chi connectivity index (χ0v) is 16.5. The highest BCUT2D eigenvalue weighted by Crippen LogP contribution is 2.37. The highest BCUT2D eigenvalue weighted by molar-refractivity contribution is 7.17. The Morgan fingerprint density at radius 1 is 1.04 bits per heavy atom. The third-order valence-electron chi connectivity index (χ3n) is 4.18. The van der Waals surface area contributed by atoms with Gasteiger partial charge in [0, 0.05) is 21.5 Å². The van der Waals surface area contributed by atoms with Gasteiger partial charge in [0.15, 0.2) is 11.5 Å². The van der Waals surface area contributed by atoms with Crippen molar-refractivity contribution in [3.63, 3.8) is 0 Å². The number of fused-ring (bicyclic) bond motifs is 1. The Kier molecular flexibility index (Phi) is 5.25. The van der Waals surface area contributed by atoms with Crippen molar-refractivity contribution in [3.05, 3.63) is 69.0 Å². The number of hydrogen-bond acceptors (Lipinski definition) is 4. The van der Waals surface area contributed by atoms with E-state index in [-0.39, 0.29) is 12.7 Å². The van der Waals surface area contributed by atoms with Crippen LogP contribution in [0.4, 0.5) is 0 Å².